The number of halogens is 8. The minimum atomic E-state index is -6.29. The molecule has 0 bridgehead atoms. The van der Waals surface area contributed by atoms with Crippen LogP contribution >= 0.6 is 11.8 Å². The van der Waals surface area contributed by atoms with E-state index in [1.54, 1.807) is 0 Å². The molecule has 2 atom stereocenters. The second-order valence-corrected chi connectivity index (χ2v) is 5.50. The van der Waals surface area contributed by atoms with Gasteiger partial charge >= 0.3 is 24.2 Å². The third-order valence-electron chi connectivity index (χ3n) is 2.96. The van der Waals surface area contributed by atoms with E-state index < -0.39 is 53.5 Å². The lowest BCUT2D eigenvalue weighted by Crippen LogP contribution is -2.64. The average molecular weight is 346 g/mol. The largest absolute Gasteiger partial charge is 0.380 e. The zero-order valence-electron chi connectivity index (χ0n) is 10.4. The van der Waals surface area contributed by atoms with Crippen LogP contribution in [-0.2, 0) is 9.53 Å². The van der Waals surface area contributed by atoms with Crippen molar-refractivity contribution in [3.05, 3.63) is 0 Å². The van der Waals surface area contributed by atoms with E-state index in [2.05, 4.69) is 4.74 Å². The molecule has 0 spiro atoms. The molecule has 1 aliphatic rings. The van der Waals surface area contributed by atoms with E-state index in [0.29, 0.717) is 0 Å². The first-order valence-corrected chi connectivity index (χ1v) is 6.52. The summed E-state index contributed by atoms with van der Waals surface area (Å²) in [5.74, 6) is -19.2. The quantitative estimate of drug-likeness (QED) is 0.715. The van der Waals surface area contributed by atoms with Gasteiger partial charge in [-0.25, -0.2) is 8.78 Å². The molecule has 0 aromatic heterocycles. The normalized spacial score (nSPS) is 25.5. The Kier molecular flexibility index (Phi) is 5.19. The summed E-state index contributed by atoms with van der Waals surface area (Å²) in [7, 11) is 0.830. The molecule has 1 saturated heterocycles. The molecule has 0 aromatic carbocycles. The highest BCUT2D eigenvalue weighted by atomic mass is 32.2. The van der Waals surface area contributed by atoms with E-state index in [9.17, 15) is 39.9 Å². The van der Waals surface area contributed by atoms with Gasteiger partial charge in [0.15, 0.2) is 0 Å². The van der Waals surface area contributed by atoms with Gasteiger partial charge in [0.25, 0.3) is 0 Å². The van der Waals surface area contributed by atoms with Gasteiger partial charge in [0, 0.05) is 13.5 Å². The molecule has 1 heterocycles. The summed E-state index contributed by atoms with van der Waals surface area (Å²) in [6.45, 7) is 0. The Morgan fingerprint density at radius 2 is 1.71 bits per heavy atom. The lowest BCUT2D eigenvalue weighted by molar-refractivity contribution is -0.340. The van der Waals surface area contributed by atoms with Gasteiger partial charge in [-0.05, 0) is 0 Å². The van der Waals surface area contributed by atoms with Crippen molar-refractivity contribution < 1.29 is 44.7 Å². The van der Waals surface area contributed by atoms with Gasteiger partial charge in [-0.2, -0.15) is 26.3 Å². The number of hydrogen-bond acceptors (Lipinski definition) is 3. The summed E-state index contributed by atoms with van der Waals surface area (Å²) in [6, 6.07) is 0. The van der Waals surface area contributed by atoms with Crippen molar-refractivity contribution >= 4 is 17.5 Å². The summed E-state index contributed by atoms with van der Waals surface area (Å²) in [4.78, 5) is 11.1. The Morgan fingerprint density at radius 3 is 2.14 bits per heavy atom. The van der Waals surface area contributed by atoms with Crippen LogP contribution < -0.4 is 0 Å². The van der Waals surface area contributed by atoms with Crippen LogP contribution in [0.1, 0.15) is 6.42 Å². The SMILES string of the molecule is COC1CC(=O)CSC1C(F)(F)C(F)(F)C(F)(F)C(F)F. The van der Waals surface area contributed by atoms with Crippen molar-refractivity contribution in [1.29, 1.82) is 0 Å². The second-order valence-electron chi connectivity index (χ2n) is 4.37. The molecular weight excluding hydrogens is 336 g/mol. The first-order valence-electron chi connectivity index (χ1n) is 5.47. The van der Waals surface area contributed by atoms with Gasteiger partial charge < -0.3 is 4.74 Å². The third-order valence-corrected chi connectivity index (χ3v) is 4.41. The molecule has 1 fully saturated rings. The Labute approximate surface area is 118 Å². The molecule has 0 aromatic rings. The molecule has 2 nitrogen and oxygen atoms in total. The molecule has 2 unspecified atom stereocenters. The molecule has 0 saturated carbocycles. The third kappa shape index (κ3) is 2.99. The molecular formula is C10H10F8O2S. The summed E-state index contributed by atoms with van der Waals surface area (Å²) < 4.78 is 108. The molecule has 0 amide bonds. The zero-order valence-corrected chi connectivity index (χ0v) is 11.2. The zero-order chi connectivity index (χ0) is 16.6. The topological polar surface area (TPSA) is 26.3 Å². The fourth-order valence-corrected chi connectivity index (χ4v) is 3.03. The molecule has 0 aliphatic carbocycles. The standard InChI is InChI=1S/C10H10F8O2S/c1-20-5-2-4(19)3-21-6(5)8(13,14)10(17,18)9(15,16)7(11)12/h5-7H,2-3H2,1H3. The molecule has 11 heteroatoms. The molecule has 1 aliphatic heterocycles. The minimum absolute atomic E-state index is 0.0171. The molecule has 0 N–H and O–H groups in total. The number of rotatable bonds is 5. The van der Waals surface area contributed by atoms with Gasteiger partial charge in [0.05, 0.1) is 11.9 Å². The molecule has 0 radical (unpaired) electrons. The van der Waals surface area contributed by atoms with Gasteiger partial charge in [-0.15, -0.1) is 11.8 Å². The number of carbonyl (C=O) groups excluding carboxylic acids is 1. The maximum Gasteiger partial charge on any atom is 0.379 e. The van der Waals surface area contributed by atoms with Crippen LogP contribution in [0.15, 0.2) is 0 Å². The van der Waals surface area contributed by atoms with Crippen molar-refractivity contribution in [2.45, 2.75) is 42.0 Å². The Balaban J connectivity index is 3.16. The van der Waals surface area contributed by atoms with Crippen molar-refractivity contribution in [2.24, 2.45) is 0 Å². The van der Waals surface area contributed by atoms with Gasteiger partial charge in [-0.1, -0.05) is 0 Å². The van der Waals surface area contributed by atoms with Gasteiger partial charge in [0.2, 0.25) is 0 Å². The first-order chi connectivity index (χ1) is 9.39. The summed E-state index contributed by atoms with van der Waals surface area (Å²) in [6.07, 6.45) is -7.42. The molecule has 1 rings (SSSR count). The number of thioether (sulfide) groups is 1. The highest BCUT2D eigenvalue weighted by molar-refractivity contribution is 8.00. The van der Waals surface area contributed by atoms with Gasteiger partial charge in [0.1, 0.15) is 11.0 Å². The van der Waals surface area contributed by atoms with Crippen LogP contribution in [0.25, 0.3) is 0 Å². The van der Waals surface area contributed by atoms with Crippen molar-refractivity contribution in [2.75, 3.05) is 12.9 Å². The number of ether oxygens (including phenoxy) is 1. The number of hydrogen-bond donors (Lipinski definition) is 0. The summed E-state index contributed by atoms with van der Waals surface area (Å²) >= 11 is -0.0171. The number of Topliss-reactive ketones (excluding diaryl/α,β-unsaturated/α-hetero) is 1. The van der Waals surface area contributed by atoms with E-state index >= 15 is 0 Å². The van der Waals surface area contributed by atoms with Crippen LogP contribution in [0, 0.1) is 0 Å². The maximum absolute atomic E-state index is 13.7. The fourth-order valence-electron chi connectivity index (χ4n) is 1.76. The van der Waals surface area contributed by atoms with E-state index in [0.717, 1.165) is 7.11 Å². The first kappa shape index (κ1) is 18.5. The summed E-state index contributed by atoms with van der Waals surface area (Å²) in [5, 5.41) is -2.54. The van der Waals surface area contributed by atoms with Crippen molar-refractivity contribution in [3.8, 4) is 0 Å². The molecule has 21 heavy (non-hydrogen) atoms. The number of ketones is 1. The van der Waals surface area contributed by atoms with Crippen molar-refractivity contribution in [3.63, 3.8) is 0 Å². The Hall–Kier alpha value is -0.580. The predicted octanol–water partition coefficient (Wildman–Crippen LogP) is 3.25. The minimum Gasteiger partial charge on any atom is -0.380 e. The smallest absolute Gasteiger partial charge is 0.379 e. The highest BCUT2D eigenvalue weighted by Crippen LogP contribution is 2.53. The summed E-state index contributed by atoms with van der Waals surface area (Å²) in [5.41, 5.74) is 0. The monoisotopic (exact) mass is 346 g/mol. The predicted molar refractivity (Wildman–Crippen MR) is 57.5 cm³/mol. The van der Waals surface area contributed by atoms with Crippen molar-refractivity contribution in [1.82, 2.24) is 0 Å². The lowest BCUT2D eigenvalue weighted by atomic mass is 9.96. The van der Waals surface area contributed by atoms with E-state index in [4.69, 9.17) is 0 Å². The van der Waals surface area contributed by atoms with Crippen LogP contribution in [0.2, 0.25) is 0 Å². The fraction of sp³-hybridized carbons (Fsp3) is 0.900. The average Bonchev–Trinajstić information content (AvgIpc) is 2.37. The second kappa shape index (κ2) is 5.90. The Bertz CT molecular complexity index is 401. The number of methoxy groups -OCH3 is 1. The van der Waals surface area contributed by atoms with E-state index in [-0.39, 0.29) is 11.8 Å². The lowest BCUT2D eigenvalue weighted by Gasteiger charge is -2.40. The molecule has 124 valence electrons. The highest BCUT2D eigenvalue weighted by Gasteiger charge is 2.78. The number of alkyl halides is 8. The van der Waals surface area contributed by atoms with Crippen LogP contribution in [-0.4, -0.2) is 54.2 Å². The van der Waals surface area contributed by atoms with Crippen LogP contribution in [0.5, 0.6) is 0 Å². The van der Waals surface area contributed by atoms with E-state index in [1.807, 2.05) is 0 Å². The Morgan fingerprint density at radius 1 is 1.19 bits per heavy atom. The van der Waals surface area contributed by atoms with E-state index in [1.165, 1.54) is 0 Å². The van der Waals surface area contributed by atoms with Crippen LogP contribution in [0.3, 0.4) is 0 Å². The maximum atomic E-state index is 13.7. The van der Waals surface area contributed by atoms with Gasteiger partial charge in [-0.3, -0.25) is 4.79 Å². The number of carbonyl (C=O) groups is 1. The van der Waals surface area contributed by atoms with Crippen LogP contribution in [0.4, 0.5) is 35.1 Å².